The van der Waals surface area contributed by atoms with Crippen LogP contribution in [0.4, 0.5) is 0 Å². The van der Waals surface area contributed by atoms with Gasteiger partial charge in [0.2, 0.25) is 0 Å². The van der Waals surface area contributed by atoms with E-state index in [4.69, 9.17) is 16.3 Å². The summed E-state index contributed by atoms with van der Waals surface area (Å²) < 4.78 is 31.6. The number of hydrogen-bond donors (Lipinski definition) is 0. The molecule has 0 saturated carbocycles. The molecule has 0 bridgehead atoms. The van der Waals surface area contributed by atoms with Crippen molar-refractivity contribution < 1.29 is 13.2 Å². The van der Waals surface area contributed by atoms with Gasteiger partial charge >= 0.3 is 0 Å². The normalized spacial score (nSPS) is 22.8. The maximum atomic E-state index is 12.3. The van der Waals surface area contributed by atoms with Crippen LogP contribution in [0.25, 0.3) is 0 Å². The lowest BCUT2D eigenvalue weighted by molar-refractivity contribution is 0.0123. The Kier molecular flexibility index (Phi) is 4.04. The number of hydrogen-bond acceptors (Lipinski definition) is 5. The van der Waals surface area contributed by atoms with Crippen LogP contribution in [-0.4, -0.2) is 49.4 Å². The summed E-state index contributed by atoms with van der Waals surface area (Å²) in [6.07, 6.45) is 1.18. The summed E-state index contributed by atoms with van der Waals surface area (Å²) >= 11 is 6.87. The number of sulfonamides is 1. The van der Waals surface area contributed by atoms with Crippen molar-refractivity contribution in [2.24, 2.45) is 0 Å². The molecule has 1 aromatic rings. The molecular weight excluding hydrogens is 284 g/mol. The van der Waals surface area contributed by atoms with Crippen molar-refractivity contribution in [3.63, 3.8) is 0 Å². The Bertz CT molecular complexity index is 488. The van der Waals surface area contributed by atoms with E-state index in [2.05, 4.69) is 4.98 Å². The number of rotatable bonds is 3. The molecule has 1 aromatic heterocycles. The van der Waals surface area contributed by atoms with Gasteiger partial charge in [-0.15, -0.1) is 22.9 Å². The molecule has 96 valence electrons. The highest BCUT2D eigenvalue weighted by Gasteiger charge is 2.31. The average Bonchev–Trinajstić information content (AvgIpc) is 2.76. The Morgan fingerprint density at radius 1 is 1.71 bits per heavy atom. The second-order valence-electron chi connectivity index (χ2n) is 3.71. The molecule has 1 unspecified atom stereocenters. The number of ether oxygens (including phenoxy) is 1. The first kappa shape index (κ1) is 13.2. The topological polar surface area (TPSA) is 59.5 Å². The molecule has 8 heteroatoms. The van der Waals surface area contributed by atoms with Crippen LogP contribution in [0.15, 0.2) is 10.4 Å². The van der Waals surface area contributed by atoms with Crippen molar-refractivity contribution >= 4 is 33.0 Å². The largest absolute Gasteiger partial charge is 0.374 e. The zero-order valence-electron chi connectivity index (χ0n) is 9.30. The van der Waals surface area contributed by atoms with Gasteiger partial charge in [-0.25, -0.2) is 13.4 Å². The summed E-state index contributed by atoms with van der Waals surface area (Å²) in [6.45, 7) is 2.84. The molecule has 2 rings (SSSR count). The minimum absolute atomic E-state index is 0.228. The van der Waals surface area contributed by atoms with E-state index in [1.807, 2.05) is 0 Å². The number of aromatic nitrogens is 1. The first-order chi connectivity index (χ1) is 8.04. The van der Waals surface area contributed by atoms with Crippen molar-refractivity contribution in [2.75, 3.05) is 25.6 Å². The first-order valence-electron chi connectivity index (χ1n) is 5.14. The molecule has 0 amide bonds. The van der Waals surface area contributed by atoms with Crippen molar-refractivity contribution in [3.05, 3.63) is 11.2 Å². The molecule has 1 fully saturated rings. The van der Waals surface area contributed by atoms with Crippen LogP contribution in [-0.2, 0) is 14.8 Å². The minimum atomic E-state index is -3.43. The van der Waals surface area contributed by atoms with Gasteiger partial charge in [0.05, 0.1) is 23.9 Å². The van der Waals surface area contributed by atoms with Crippen LogP contribution >= 0.6 is 22.9 Å². The Hall–Kier alpha value is -0.210. The summed E-state index contributed by atoms with van der Waals surface area (Å²) in [7, 11) is -3.43. The van der Waals surface area contributed by atoms with Crippen LogP contribution in [0.1, 0.15) is 5.01 Å². The van der Waals surface area contributed by atoms with Crippen LogP contribution in [0.3, 0.4) is 0 Å². The van der Waals surface area contributed by atoms with E-state index in [0.717, 1.165) is 5.01 Å². The van der Waals surface area contributed by atoms with Gasteiger partial charge in [-0.3, -0.25) is 0 Å². The van der Waals surface area contributed by atoms with Crippen molar-refractivity contribution in [2.45, 2.75) is 17.2 Å². The van der Waals surface area contributed by atoms with Crippen molar-refractivity contribution in [1.29, 1.82) is 0 Å². The maximum Gasteiger partial charge on any atom is 0.254 e. The first-order valence-corrected chi connectivity index (χ1v) is 7.93. The summed E-state index contributed by atoms with van der Waals surface area (Å²) in [5, 5.41) is 0.741. The van der Waals surface area contributed by atoms with Gasteiger partial charge in [0.25, 0.3) is 10.0 Å². The van der Waals surface area contributed by atoms with E-state index in [0.29, 0.717) is 25.6 Å². The summed E-state index contributed by atoms with van der Waals surface area (Å²) in [5.74, 6) is 0.299. The fourth-order valence-electron chi connectivity index (χ4n) is 1.59. The quantitative estimate of drug-likeness (QED) is 0.783. The standard InChI is InChI=1S/C9H13ClN2O3S2/c1-7-11-5-9(16-7)17(13,14)12-2-3-15-8(4-10)6-12/h5,8H,2-4,6H2,1H3. The van der Waals surface area contributed by atoms with Crippen LogP contribution < -0.4 is 0 Å². The fourth-order valence-corrected chi connectivity index (χ4v) is 4.50. The van der Waals surface area contributed by atoms with Crippen LogP contribution in [0.5, 0.6) is 0 Å². The number of morpholine rings is 1. The molecule has 0 radical (unpaired) electrons. The third-order valence-corrected chi connectivity index (χ3v) is 6.03. The van der Waals surface area contributed by atoms with Crippen LogP contribution in [0, 0.1) is 6.92 Å². The number of halogens is 1. The molecule has 0 N–H and O–H groups in total. The van der Waals surface area contributed by atoms with E-state index in [9.17, 15) is 8.42 Å². The van der Waals surface area contributed by atoms with Gasteiger partial charge < -0.3 is 4.74 Å². The zero-order valence-corrected chi connectivity index (χ0v) is 11.7. The molecule has 17 heavy (non-hydrogen) atoms. The third-order valence-electron chi connectivity index (χ3n) is 2.47. The minimum Gasteiger partial charge on any atom is -0.374 e. The van der Waals surface area contributed by atoms with Gasteiger partial charge in [0, 0.05) is 19.0 Å². The molecule has 0 spiro atoms. The smallest absolute Gasteiger partial charge is 0.254 e. The summed E-state index contributed by atoms with van der Waals surface area (Å²) in [4.78, 5) is 3.97. The molecule has 1 aliphatic rings. The second kappa shape index (κ2) is 5.19. The highest BCUT2D eigenvalue weighted by Crippen LogP contribution is 2.23. The molecular formula is C9H13ClN2O3S2. The molecule has 0 aliphatic carbocycles. The molecule has 0 aromatic carbocycles. The summed E-state index contributed by atoms with van der Waals surface area (Å²) in [5.41, 5.74) is 0. The van der Waals surface area contributed by atoms with E-state index in [-0.39, 0.29) is 10.3 Å². The Morgan fingerprint density at radius 2 is 2.47 bits per heavy atom. The molecule has 2 heterocycles. The molecule has 5 nitrogen and oxygen atoms in total. The predicted octanol–water partition coefficient (Wildman–Crippen LogP) is 1.08. The second-order valence-corrected chi connectivity index (χ2v) is 7.42. The van der Waals surface area contributed by atoms with Crippen LogP contribution in [0.2, 0.25) is 0 Å². The number of nitrogens with zero attached hydrogens (tertiary/aromatic N) is 2. The lowest BCUT2D eigenvalue weighted by Gasteiger charge is -2.30. The van der Waals surface area contributed by atoms with E-state index >= 15 is 0 Å². The lowest BCUT2D eigenvalue weighted by Crippen LogP contribution is -2.45. The van der Waals surface area contributed by atoms with Gasteiger partial charge in [0.1, 0.15) is 0 Å². The maximum absolute atomic E-state index is 12.3. The van der Waals surface area contributed by atoms with Gasteiger partial charge in [-0.1, -0.05) is 0 Å². The van der Waals surface area contributed by atoms with E-state index < -0.39 is 10.0 Å². The highest BCUT2D eigenvalue weighted by atomic mass is 35.5. The Labute approximate surface area is 109 Å². The summed E-state index contributed by atoms with van der Waals surface area (Å²) in [6, 6.07) is 0. The fraction of sp³-hybridized carbons (Fsp3) is 0.667. The highest BCUT2D eigenvalue weighted by molar-refractivity contribution is 7.91. The van der Waals surface area contributed by atoms with E-state index in [1.165, 1.54) is 21.8 Å². The number of thiazole rings is 1. The molecule has 1 atom stereocenters. The monoisotopic (exact) mass is 296 g/mol. The molecule has 1 aliphatic heterocycles. The predicted molar refractivity (Wildman–Crippen MR) is 66.1 cm³/mol. The zero-order chi connectivity index (χ0) is 12.5. The number of aryl methyl sites for hydroxylation is 1. The third kappa shape index (κ3) is 2.79. The van der Waals surface area contributed by atoms with Crippen molar-refractivity contribution in [3.8, 4) is 0 Å². The SMILES string of the molecule is Cc1ncc(S(=O)(=O)N2CCOC(CCl)C2)s1. The van der Waals surface area contributed by atoms with Gasteiger partial charge in [-0.2, -0.15) is 4.31 Å². The Balaban J connectivity index is 2.21. The molecule has 1 saturated heterocycles. The van der Waals surface area contributed by atoms with Gasteiger partial charge in [0.15, 0.2) is 4.21 Å². The van der Waals surface area contributed by atoms with Crippen molar-refractivity contribution in [1.82, 2.24) is 9.29 Å². The average molecular weight is 297 g/mol. The Morgan fingerprint density at radius 3 is 3.06 bits per heavy atom. The number of alkyl halides is 1. The lowest BCUT2D eigenvalue weighted by atomic mass is 10.3. The van der Waals surface area contributed by atoms with E-state index in [1.54, 1.807) is 6.92 Å². The van der Waals surface area contributed by atoms with Gasteiger partial charge in [-0.05, 0) is 6.92 Å².